The predicted octanol–water partition coefficient (Wildman–Crippen LogP) is 4.77. The molecule has 0 saturated carbocycles. The van der Waals surface area contributed by atoms with E-state index in [1.54, 1.807) is 0 Å². The van der Waals surface area contributed by atoms with Gasteiger partial charge in [0.2, 0.25) is 0 Å². The fourth-order valence-corrected chi connectivity index (χ4v) is 2.48. The minimum Gasteiger partial charge on any atom is -0.353 e. The summed E-state index contributed by atoms with van der Waals surface area (Å²) in [4.78, 5) is 0. The molecule has 2 N–H and O–H groups in total. The van der Waals surface area contributed by atoms with E-state index in [4.69, 9.17) is 0 Å². The molecule has 20 heavy (non-hydrogen) atoms. The maximum absolute atomic E-state index is 3.49. The highest BCUT2D eigenvalue weighted by atomic mass is 15.0. The Hall–Kier alpha value is -2.74. The van der Waals surface area contributed by atoms with Crippen LogP contribution in [0.25, 0.3) is 0 Å². The van der Waals surface area contributed by atoms with Gasteiger partial charge in [0.1, 0.15) is 0 Å². The SMILES string of the molecule is c1ccc(Nc2c(Nc3ccccc3)c3ccc2=3)cc1. The van der Waals surface area contributed by atoms with Crippen molar-refractivity contribution in [3.05, 3.63) is 83.2 Å². The van der Waals surface area contributed by atoms with Crippen molar-refractivity contribution >= 4 is 22.7 Å². The number of para-hydroxylation sites is 2. The van der Waals surface area contributed by atoms with Crippen molar-refractivity contribution in [2.45, 2.75) is 0 Å². The molecular weight excluding hydrogens is 244 g/mol. The van der Waals surface area contributed by atoms with Gasteiger partial charge in [-0.25, -0.2) is 0 Å². The summed E-state index contributed by atoms with van der Waals surface area (Å²) >= 11 is 0. The molecule has 0 aromatic heterocycles. The summed E-state index contributed by atoms with van der Waals surface area (Å²) in [6, 6.07) is 24.8. The maximum Gasteiger partial charge on any atom is 0.0710 e. The highest BCUT2D eigenvalue weighted by molar-refractivity contribution is 5.85. The fourth-order valence-electron chi connectivity index (χ4n) is 2.48. The predicted molar refractivity (Wildman–Crippen MR) is 83.6 cm³/mol. The summed E-state index contributed by atoms with van der Waals surface area (Å²) < 4.78 is 0. The van der Waals surface area contributed by atoms with E-state index >= 15 is 0 Å². The second kappa shape index (κ2) is 4.42. The lowest BCUT2D eigenvalue weighted by Crippen LogP contribution is -2.06. The first-order valence-corrected chi connectivity index (χ1v) is 6.73. The average molecular weight is 258 g/mol. The third kappa shape index (κ3) is 1.74. The molecule has 2 nitrogen and oxygen atoms in total. The first-order chi connectivity index (χ1) is 9.92. The van der Waals surface area contributed by atoms with Crippen LogP contribution in [0.3, 0.4) is 0 Å². The van der Waals surface area contributed by atoms with E-state index in [9.17, 15) is 0 Å². The quantitative estimate of drug-likeness (QED) is 0.550. The molecule has 0 heterocycles. The Morgan fingerprint density at radius 3 is 1.20 bits per heavy atom. The average Bonchev–Trinajstić information content (AvgIpc) is 2.47. The molecule has 0 spiro atoms. The Kier molecular flexibility index (Phi) is 2.46. The van der Waals surface area contributed by atoms with Crippen LogP contribution in [-0.4, -0.2) is 0 Å². The van der Waals surface area contributed by atoms with Gasteiger partial charge < -0.3 is 10.6 Å². The molecule has 0 saturated heterocycles. The Morgan fingerprint density at radius 1 is 0.450 bits per heavy atom. The highest BCUT2D eigenvalue weighted by Gasteiger charge is 2.16. The summed E-state index contributed by atoms with van der Waals surface area (Å²) in [7, 11) is 0. The molecule has 4 rings (SSSR count). The summed E-state index contributed by atoms with van der Waals surface area (Å²) in [5.74, 6) is 0. The van der Waals surface area contributed by atoms with Crippen LogP contribution in [0.15, 0.2) is 72.8 Å². The number of hydrogen-bond acceptors (Lipinski definition) is 2. The first-order valence-electron chi connectivity index (χ1n) is 6.73. The van der Waals surface area contributed by atoms with Crippen molar-refractivity contribution in [2.75, 3.05) is 10.6 Å². The van der Waals surface area contributed by atoms with E-state index in [0.717, 1.165) is 11.4 Å². The molecule has 0 atom stereocenters. The van der Waals surface area contributed by atoms with E-state index in [0.29, 0.717) is 0 Å². The Morgan fingerprint density at radius 2 is 0.850 bits per heavy atom. The summed E-state index contributed by atoms with van der Waals surface area (Å²) in [5, 5.41) is 9.60. The molecule has 2 heteroatoms. The summed E-state index contributed by atoms with van der Waals surface area (Å²) in [6.45, 7) is 0. The van der Waals surface area contributed by atoms with E-state index in [2.05, 4.69) is 47.0 Å². The molecule has 0 bridgehead atoms. The van der Waals surface area contributed by atoms with Gasteiger partial charge in [0, 0.05) is 21.8 Å². The second-order valence-electron chi connectivity index (χ2n) is 4.89. The number of nitrogens with one attached hydrogen (secondary N) is 2. The summed E-state index contributed by atoms with van der Waals surface area (Å²) in [5.41, 5.74) is 4.58. The Balaban J connectivity index is 1.65. The fraction of sp³-hybridized carbons (Fsp3) is 0. The van der Waals surface area contributed by atoms with Crippen LogP contribution in [0.2, 0.25) is 0 Å². The van der Waals surface area contributed by atoms with Gasteiger partial charge in [-0.1, -0.05) is 48.5 Å². The van der Waals surface area contributed by atoms with Gasteiger partial charge in [-0.05, 0) is 24.3 Å². The largest absolute Gasteiger partial charge is 0.353 e. The van der Waals surface area contributed by atoms with Crippen molar-refractivity contribution in [1.29, 1.82) is 0 Å². The third-order valence-corrected chi connectivity index (χ3v) is 3.58. The molecule has 2 aliphatic carbocycles. The van der Waals surface area contributed by atoms with Crippen molar-refractivity contribution in [3.8, 4) is 0 Å². The molecular formula is C18H14N2. The highest BCUT2D eigenvalue weighted by Crippen LogP contribution is 2.38. The minimum absolute atomic E-state index is 1.11. The van der Waals surface area contributed by atoms with Gasteiger partial charge in [0.05, 0.1) is 11.4 Å². The van der Waals surface area contributed by atoms with Crippen LogP contribution in [0, 0.1) is 10.4 Å². The first kappa shape index (κ1) is 11.1. The zero-order chi connectivity index (χ0) is 13.4. The normalized spacial score (nSPS) is 11.0. The number of hydrogen-bond donors (Lipinski definition) is 2. The molecule has 2 aromatic rings. The van der Waals surface area contributed by atoms with E-state index in [-0.39, 0.29) is 0 Å². The van der Waals surface area contributed by atoms with Crippen LogP contribution in [-0.2, 0) is 0 Å². The van der Waals surface area contributed by atoms with E-state index in [1.807, 2.05) is 36.4 Å². The van der Waals surface area contributed by atoms with Crippen molar-refractivity contribution in [3.63, 3.8) is 0 Å². The van der Waals surface area contributed by atoms with Crippen LogP contribution in [0.1, 0.15) is 0 Å². The van der Waals surface area contributed by atoms with Crippen molar-refractivity contribution < 1.29 is 0 Å². The lowest BCUT2D eigenvalue weighted by molar-refractivity contribution is 1.34. The van der Waals surface area contributed by atoms with Gasteiger partial charge in [-0.3, -0.25) is 0 Å². The topological polar surface area (TPSA) is 24.1 Å². The van der Waals surface area contributed by atoms with E-state index in [1.165, 1.54) is 21.8 Å². The molecule has 0 radical (unpaired) electrons. The summed E-state index contributed by atoms with van der Waals surface area (Å²) in [6.07, 6.45) is 0. The molecule has 0 aliphatic heterocycles. The van der Waals surface area contributed by atoms with Crippen LogP contribution in [0.5, 0.6) is 0 Å². The van der Waals surface area contributed by atoms with E-state index < -0.39 is 0 Å². The zero-order valence-corrected chi connectivity index (χ0v) is 10.9. The molecule has 96 valence electrons. The van der Waals surface area contributed by atoms with Crippen molar-refractivity contribution in [2.24, 2.45) is 0 Å². The second-order valence-corrected chi connectivity index (χ2v) is 4.89. The number of anilines is 4. The minimum atomic E-state index is 1.11. The van der Waals surface area contributed by atoms with Gasteiger partial charge in [0.15, 0.2) is 0 Å². The molecule has 0 unspecified atom stereocenters. The van der Waals surface area contributed by atoms with Gasteiger partial charge in [-0.2, -0.15) is 0 Å². The molecule has 2 aliphatic rings. The Bertz CT molecular complexity index is 767. The smallest absolute Gasteiger partial charge is 0.0710 e. The molecule has 0 fully saturated rings. The van der Waals surface area contributed by atoms with Crippen LogP contribution >= 0.6 is 0 Å². The third-order valence-electron chi connectivity index (χ3n) is 3.58. The number of benzene rings is 3. The molecule has 0 amide bonds. The number of rotatable bonds is 4. The van der Waals surface area contributed by atoms with Crippen LogP contribution < -0.4 is 10.6 Å². The van der Waals surface area contributed by atoms with Crippen LogP contribution in [0.4, 0.5) is 22.7 Å². The maximum atomic E-state index is 3.49. The monoisotopic (exact) mass is 258 g/mol. The molecule has 2 aromatic carbocycles. The lowest BCUT2D eigenvalue weighted by atomic mass is 9.99. The Labute approximate surface area is 117 Å². The van der Waals surface area contributed by atoms with Gasteiger partial charge >= 0.3 is 0 Å². The van der Waals surface area contributed by atoms with Crippen molar-refractivity contribution in [1.82, 2.24) is 0 Å². The zero-order valence-electron chi connectivity index (χ0n) is 10.9. The van der Waals surface area contributed by atoms with Gasteiger partial charge in [-0.15, -0.1) is 0 Å². The standard InChI is InChI=1S/C18H14N2/c1-3-7-13(8-4-1)19-17-15-11-12-16(15)18(17)20-14-9-5-2-6-10-14/h1-12,19-20H. The van der Waals surface area contributed by atoms with Gasteiger partial charge in [0.25, 0.3) is 0 Å². The lowest BCUT2D eigenvalue weighted by Gasteiger charge is -2.22.